The average molecular weight is 241 g/mol. The van der Waals surface area contributed by atoms with Gasteiger partial charge in [0, 0.05) is 0 Å². The Bertz CT molecular complexity index is 336. The molecular formula is C12H15ClNO2-. The Hall–Kier alpha value is -1.06. The van der Waals surface area contributed by atoms with Crippen LogP contribution in [0.4, 0.5) is 0 Å². The van der Waals surface area contributed by atoms with Crippen molar-refractivity contribution >= 4 is 5.97 Å². The van der Waals surface area contributed by atoms with E-state index >= 15 is 0 Å². The molecule has 1 N–H and O–H groups in total. The minimum Gasteiger partial charge on any atom is -1.00 e. The minimum atomic E-state index is -0.747. The Morgan fingerprint density at radius 1 is 1.19 bits per heavy atom. The molecule has 16 heavy (non-hydrogen) atoms. The molecule has 1 aliphatic rings. The summed E-state index contributed by atoms with van der Waals surface area (Å²) in [5.74, 6) is -0.747. The van der Waals surface area contributed by atoms with Gasteiger partial charge in [0.2, 0.25) is 0 Å². The number of carboxylic acids is 1. The van der Waals surface area contributed by atoms with Crippen LogP contribution in [0.2, 0.25) is 0 Å². The minimum absolute atomic E-state index is 0. The van der Waals surface area contributed by atoms with Gasteiger partial charge in [-0.1, -0.05) is 30.3 Å². The fourth-order valence-corrected chi connectivity index (χ4v) is 2.14. The van der Waals surface area contributed by atoms with E-state index in [1.165, 1.54) is 0 Å². The Morgan fingerprint density at radius 3 is 2.25 bits per heavy atom. The normalized spacial score (nSPS) is 17.8. The summed E-state index contributed by atoms with van der Waals surface area (Å²) >= 11 is 0. The number of benzene rings is 1. The second-order valence-corrected chi connectivity index (χ2v) is 3.89. The number of halogens is 1. The number of aliphatic carboxylic acids is 1. The standard InChI is InChI=1S/C12H15NO2.ClH/c14-12(15)11(13-8-4-5-9-13)10-6-2-1-3-7-10;/h1-3,6-7,11H,4-5,8-9H2,(H,14,15);1H/p-1. The van der Waals surface area contributed by atoms with Crippen LogP contribution in [-0.4, -0.2) is 29.1 Å². The van der Waals surface area contributed by atoms with Gasteiger partial charge in [-0.05, 0) is 31.5 Å². The number of carbonyl (C=O) groups is 1. The lowest BCUT2D eigenvalue weighted by Gasteiger charge is -2.23. The molecule has 0 amide bonds. The van der Waals surface area contributed by atoms with E-state index in [0.717, 1.165) is 31.5 Å². The van der Waals surface area contributed by atoms with E-state index in [2.05, 4.69) is 0 Å². The maximum atomic E-state index is 11.2. The number of likely N-dealkylation sites (tertiary alicyclic amines) is 1. The van der Waals surface area contributed by atoms with E-state index < -0.39 is 12.0 Å². The average Bonchev–Trinajstić information content (AvgIpc) is 2.72. The molecule has 2 rings (SSSR count). The summed E-state index contributed by atoms with van der Waals surface area (Å²) in [6.07, 6.45) is 2.22. The first-order valence-corrected chi connectivity index (χ1v) is 5.31. The monoisotopic (exact) mass is 240 g/mol. The van der Waals surface area contributed by atoms with E-state index in [9.17, 15) is 9.90 Å². The van der Waals surface area contributed by atoms with Gasteiger partial charge in [-0.3, -0.25) is 9.69 Å². The topological polar surface area (TPSA) is 40.5 Å². The van der Waals surface area contributed by atoms with Crippen LogP contribution in [0.3, 0.4) is 0 Å². The lowest BCUT2D eigenvalue weighted by molar-refractivity contribution is -0.143. The quantitative estimate of drug-likeness (QED) is 0.730. The Balaban J connectivity index is 0.00000128. The van der Waals surface area contributed by atoms with Crippen molar-refractivity contribution in [2.24, 2.45) is 0 Å². The SMILES string of the molecule is O=C(O)C(c1ccccc1)N1CCCC1.[Cl-]. The summed E-state index contributed by atoms with van der Waals surface area (Å²) in [6, 6.07) is 9.00. The van der Waals surface area contributed by atoms with Crippen LogP contribution in [0.15, 0.2) is 30.3 Å². The van der Waals surface area contributed by atoms with Gasteiger partial charge in [0.05, 0.1) is 0 Å². The van der Waals surface area contributed by atoms with Crippen molar-refractivity contribution in [2.75, 3.05) is 13.1 Å². The lowest BCUT2D eigenvalue weighted by Crippen LogP contribution is -3.00. The fraction of sp³-hybridized carbons (Fsp3) is 0.417. The molecule has 0 radical (unpaired) electrons. The summed E-state index contributed by atoms with van der Waals surface area (Å²) in [4.78, 5) is 13.3. The molecule has 0 bridgehead atoms. The highest BCUT2D eigenvalue weighted by Gasteiger charge is 2.28. The summed E-state index contributed by atoms with van der Waals surface area (Å²) < 4.78 is 0. The maximum Gasteiger partial charge on any atom is 0.325 e. The van der Waals surface area contributed by atoms with Gasteiger partial charge in [-0.15, -0.1) is 0 Å². The molecule has 0 aliphatic carbocycles. The Kier molecular flexibility index (Phi) is 4.77. The zero-order chi connectivity index (χ0) is 10.7. The summed E-state index contributed by atoms with van der Waals surface area (Å²) in [6.45, 7) is 1.79. The van der Waals surface area contributed by atoms with Gasteiger partial charge < -0.3 is 17.5 Å². The second-order valence-electron chi connectivity index (χ2n) is 3.89. The first kappa shape index (κ1) is 13.0. The highest BCUT2D eigenvalue weighted by molar-refractivity contribution is 5.75. The molecule has 1 aromatic rings. The number of nitrogens with zero attached hydrogens (tertiary/aromatic N) is 1. The highest BCUT2D eigenvalue weighted by atomic mass is 35.5. The third-order valence-electron chi connectivity index (χ3n) is 2.86. The number of carboxylic acid groups (broad SMARTS) is 1. The molecule has 4 heteroatoms. The molecule has 88 valence electrons. The van der Waals surface area contributed by atoms with Crippen LogP contribution < -0.4 is 12.4 Å². The molecule has 0 spiro atoms. The molecule has 0 saturated carbocycles. The van der Waals surface area contributed by atoms with Gasteiger partial charge in [0.25, 0.3) is 0 Å². The smallest absolute Gasteiger partial charge is 0.325 e. The van der Waals surface area contributed by atoms with Crippen LogP contribution >= 0.6 is 0 Å². The first-order valence-electron chi connectivity index (χ1n) is 5.31. The number of hydrogen-bond donors (Lipinski definition) is 1. The molecule has 0 aromatic heterocycles. The van der Waals surface area contributed by atoms with E-state index in [4.69, 9.17) is 0 Å². The number of rotatable bonds is 3. The van der Waals surface area contributed by atoms with Crippen LogP contribution in [0, 0.1) is 0 Å². The van der Waals surface area contributed by atoms with E-state index in [1.54, 1.807) is 0 Å². The molecule has 1 saturated heterocycles. The predicted molar refractivity (Wildman–Crippen MR) is 57.6 cm³/mol. The van der Waals surface area contributed by atoms with Gasteiger partial charge in [-0.25, -0.2) is 0 Å². The lowest BCUT2D eigenvalue weighted by atomic mass is 10.1. The first-order chi connectivity index (χ1) is 7.29. The molecule has 1 aliphatic heterocycles. The zero-order valence-electron chi connectivity index (χ0n) is 8.97. The molecular weight excluding hydrogens is 226 g/mol. The van der Waals surface area contributed by atoms with Gasteiger partial charge >= 0.3 is 5.97 Å². The fourth-order valence-electron chi connectivity index (χ4n) is 2.14. The van der Waals surface area contributed by atoms with Crippen molar-refractivity contribution in [1.82, 2.24) is 4.90 Å². The summed E-state index contributed by atoms with van der Waals surface area (Å²) in [5.41, 5.74) is 0.881. The predicted octanol–water partition coefficient (Wildman–Crippen LogP) is -1.09. The largest absolute Gasteiger partial charge is 1.00 e. The Labute approximate surface area is 101 Å². The van der Waals surface area contributed by atoms with Crippen LogP contribution in [0.25, 0.3) is 0 Å². The van der Waals surface area contributed by atoms with Crippen molar-refractivity contribution in [2.45, 2.75) is 18.9 Å². The van der Waals surface area contributed by atoms with Gasteiger partial charge in [-0.2, -0.15) is 0 Å². The van der Waals surface area contributed by atoms with Crippen molar-refractivity contribution < 1.29 is 22.3 Å². The molecule has 1 aromatic carbocycles. The summed E-state index contributed by atoms with van der Waals surface area (Å²) in [5, 5.41) is 9.25. The van der Waals surface area contributed by atoms with Crippen LogP contribution in [-0.2, 0) is 4.79 Å². The highest BCUT2D eigenvalue weighted by Crippen LogP contribution is 2.24. The zero-order valence-corrected chi connectivity index (χ0v) is 9.73. The van der Waals surface area contributed by atoms with Crippen molar-refractivity contribution in [1.29, 1.82) is 0 Å². The third kappa shape index (κ3) is 2.74. The van der Waals surface area contributed by atoms with Crippen LogP contribution in [0.1, 0.15) is 24.4 Å². The summed E-state index contributed by atoms with van der Waals surface area (Å²) in [7, 11) is 0. The maximum absolute atomic E-state index is 11.2. The molecule has 1 atom stereocenters. The molecule has 1 unspecified atom stereocenters. The van der Waals surface area contributed by atoms with Crippen molar-refractivity contribution in [3.63, 3.8) is 0 Å². The molecule has 3 nitrogen and oxygen atoms in total. The van der Waals surface area contributed by atoms with Crippen LogP contribution in [0.5, 0.6) is 0 Å². The Morgan fingerprint density at radius 2 is 1.75 bits per heavy atom. The van der Waals surface area contributed by atoms with E-state index in [1.807, 2.05) is 35.2 Å². The number of hydrogen-bond acceptors (Lipinski definition) is 2. The van der Waals surface area contributed by atoms with E-state index in [-0.39, 0.29) is 12.4 Å². The second kappa shape index (κ2) is 5.87. The third-order valence-corrected chi connectivity index (χ3v) is 2.86. The van der Waals surface area contributed by atoms with E-state index in [0.29, 0.717) is 0 Å². The molecule has 1 fully saturated rings. The van der Waals surface area contributed by atoms with Gasteiger partial charge in [0.15, 0.2) is 0 Å². The van der Waals surface area contributed by atoms with Crippen molar-refractivity contribution in [3.8, 4) is 0 Å². The van der Waals surface area contributed by atoms with Crippen molar-refractivity contribution in [3.05, 3.63) is 35.9 Å². The van der Waals surface area contributed by atoms with Gasteiger partial charge in [0.1, 0.15) is 6.04 Å². The molecule has 1 heterocycles.